The monoisotopic (exact) mass is 308 g/mol. The molecule has 6 heteroatoms. The van der Waals surface area contributed by atoms with Crippen molar-refractivity contribution in [1.82, 2.24) is 0 Å². The largest absolute Gasteiger partial charge is 0.461 e. The number of rotatable bonds is 5. The fraction of sp³-hybridized carbons (Fsp3) is 0.562. The molecule has 6 nitrogen and oxygen atoms in total. The van der Waals surface area contributed by atoms with Gasteiger partial charge >= 0.3 is 5.97 Å². The molecule has 0 saturated carbocycles. The standard InChI is InChI=1S/C16H20O6/c1-11(22-16(17)15-9-18-6-7-19-15)2-3-12-4-5-13-14(8-12)21-10-20-13/h4-5,8,11,15H,2-3,6-7,9-10H2,1H3. The van der Waals surface area contributed by atoms with E-state index in [1.54, 1.807) is 0 Å². The molecular formula is C16H20O6. The highest BCUT2D eigenvalue weighted by molar-refractivity contribution is 5.75. The van der Waals surface area contributed by atoms with E-state index in [0.29, 0.717) is 13.2 Å². The molecule has 2 unspecified atom stereocenters. The van der Waals surface area contributed by atoms with Gasteiger partial charge in [0.1, 0.15) is 0 Å². The third-order valence-corrected chi connectivity index (χ3v) is 3.67. The SMILES string of the molecule is CC(CCc1ccc2c(c1)OCO2)OC(=O)C1COCCO1. The number of hydrogen-bond donors (Lipinski definition) is 0. The summed E-state index contributed by atoms with van der Waals surface area (Å²) in [7, 11) is 0. The van der Waals surface area contributed by atoms with Crippen molar-refractivity contribution >= 4 is 5.97 Å². The van der Waals surface area contributed by atoms with Gasteiger partial charge in [-0.1, -0.05) is 6.07 Å². The van der Waals surface area contributed by atoms with Crippen LogP contribution < -0.4 is 9.47 Å². The van der Waals surface area contributed by atoms with Crippen LogP contribution in [-0.4, -0.2) is 44.8 Å². The van der Waals surface area contributed by atoms with E-state index in [1.807, 2.05) is 25.1 Å². The maximum atomic E-state index is 11.9. The molecule has 1 fully saturated rings. The molecule has 0 N–H and O–H groups in total. The van der Waals surface area contributed by atoms with Crippen molar-refractivity contribution in [2.45, 2.75) is 32.0 Å². The van der Waals surface area contributed by atoms with Crippen LogP contribution in [0.3, 0.4) is 0 Å². The highest BCUT2D eigenvalue weighted by Crippen LogP contribution is 2.32. The molecule has 0 bridgehead atoms. The van der Waals surface area contributed by atoms with Crippen LogP contribution in [0.4, 0.5) is 0 Å². The van der Waals surface area contributed by atoms with Gasteiger partial charge in [-0.3, -0.25) is 0 Å². The van der Waals surface area contributed by atoms with Gasteiger partial charge in [0.15, 0.2) is 17.6 Å². The zero-order chi connectivity index (χ0) is 15.4. The van der Waals surface area contributed by atoms with Crippen LogP contribution in [0.15, 0.2) is 18.2 Å². The van der Waals surface area contributed by atoms with E-state index in [9.17, 15) is 4.79 Å². The lowest BCUT2D eigenvalue weighted by atomic mass is 10.1. The van der Waals surface area contributed by atoms with Crippen LogP contribution in [0.5, 0.6) is 11.5 Å². The van der Waals surface area contributed by atoms with E-state index in [2.05, 4.69) is 0 Å². The Kier molecular flexibility index (Phi) is 4.80. The first kappa shape index (κ1) is 15.1. The fourth-order valence-electron chi connectivity index (χ4n) is 2.42. The van der Waals surface area contributed by atoms with Crippen molar-refractivity contribution in [3.8, 4) is 11.5 Å². The number of aryl methyl sites for hydroxylation is 1. The Morgan fingerprint density at radius 2 is 2.18 bits per heavy atom. The van der Waals surface area contributed by atoms with Crippen molar-refractivity contribution in [3.63, 3.8) is 0 Å². The minimum absolute atomic E-state index is 0.177. The molecule has 1 aromatic rings. The van der Waals surface area contributed by atoms with Crippen LogP contribution in [-0.2, 0) is 25.4 Å². The summed E-state index contributed by atoms with van der Waals surface area (Å²) in [4.78, 5) is 11.9. The Morgan fingerprint density at radius 1 is 1.32 bits per heavy atom. The molecule has 0 spiro atoms. The van der Waals surface area contributed by atoms with E-state index >= 15 is 0 Å². The third-order valence-electron chi connectivity index (χ3n) is 3.67. The highest BCUT2D eigenvalue weighted by atomic mass is 16.7. The number of carbonyl (C=O) groups is 1. The molecule has 0 aliphatic carbocycles. The Hall–Kier alpha value is -1.79. The van der Waals surface area contributed by atoms with E-state index in [-0.39, 0.29) is 25.5 Å². The van der Waals surface area contributed by atoms with Crippen molar-refractivity contribution in [2.24, 2.45) is 0 Å². The van der Waals surface area contributed by atoms with E-state index in [1.165, 1.54) is 0 Å². The minimum Gasteiger partial charge on any atom is -0.461 e. The zero-order valence-electron chi connectivity index (χ0n) is 12.6. The number of esters is 1. The number of ether oxygens (including phenoxy) is 5. The first-order valence-electron chi connectivity index (χ1n) is 7.51. The molecule has 2 atom stereocenters. The second-order valence-electron chi connectivity index (χ2n) is 5.41. The molecule has 1 saturated heterocycles. The topological polar surface area (TPSA) is 63.2 Å². The van der Waals surface area contributed by atoms with Crippen molar-refractivity contribution in [2.75, 3.05) is 26.6 Å². The normalized spacial score (nSPS) is 21.4. The van der Waals surface area contributed by atoms with Crippen molar-refractivity contribution < 1.29 is 28.5 Å². The van der Waals surface area contributed by atoms with Gasteiger partial charge in [0, 0.05) is 0 Å². The van der Waals surface area contributed by atoms with Gasteiger partial charge in [-0.25, -0.2) is 4.79 Å². The van der Waals surface area contributed by atoms with E-state index < -0.39 is 6.10 Å². The maximum Gasteiger partial charge on any atom is 0.337 e. The summed E-state index contributed by atoms with van der Waals surface area (Å²) in [6.45, 7) is 3.40. The van der Waals surface area contributed by atoms with Gasteiger partial charge in [-0.2, -0.15) is 0 Å². The molecular weight excluding hydrogens is 288 g/mol. The average molecular weight is 308 g/mol. The lowest BCUT2D eigenvalue weighted by Crippen LogP contribution is -2.38. The second kappa shape index (κ2) is 6.98. The van der Waals surface area contributed by atoms with E-state index in [4.69, 9.17) is 23.7 Å². The molecule has 2 aliphatic heterocycles. The number of hydrogen-bond acceptors (Lipinski definition) is 6. The van der Waals surface area contributed by atoms with Gasteiger partial charge in [0.25, 0.3) is 0 Å². The summed E-state index contributed by atoms with van der Waals surface area (Å²) in [6.07, 6.45) is 0.761. The Morgan fingerprint density at radius 3 is 3.00 bits per heavy atom. The van der Waals surface area contributed by atoms with Gasteiger partial charge in [0.05, 0.1) is 25.9 Å². The van der Waals surface area contributed by atoms with Crippen LogP contribution in [0, 0.1) is 0 Å². The van der Waals surface area contributed by atoms with Gasteiger partial charge in [-0.15, -0.1) is 0 Å². The Labute approximate surface area is 129 Å². The molecule has 0 amide bonds. The predicted octanol–water partition coefficient (Wildman–Crippen LogP) is 1.69. The molecule has 2 aliphatic rings. The molecule has 1 aromatic carbocycles. The molecule has 0 radical (unpaired) electrons. The van der Waals surface area contributed by atoms with Crippen LogP contribution in [0.25, 0.3) is 0 Å². The Bertz CT molecular complexity index is 523. The van der Waals surface area contributed by atoms with Gasteiger partial charge in [0.2, 0.25) is 6.79 Å². The fourth-order valence-corrected chi connectivity index (χ4v) is 2.42. The highest BCUT2D eigenvalue weighted by Gasteiger charge is 2.25. The molecule has 2 heterocycles. The quantitative estimate of drug-likeness (QED) is 0.772. The molecule has 3 rings (SSSR count). The predicted molar refractivity (Wildman–Crippen MR) is 77.0 cm³/mol. The lowest BCUT2D eigenvalue weighted by Gasteiger charge is -2.23. The van der Waals surface area contributed by atoms with Crippen molar-refractivity contribution in [3.05, 3.63) is 23.8 Å². The molecule has 120 valence electrons. The second-order valence-corrected chi connectivity index (χ2v) is 5.41. The smallest absolute Gasteiger partial charge is 0.337 e. The average Bonchev–Trinajstić information content (AvgIpc) is 3.01. The first-order chi connectivity index (χ1) is 10.7. The number of carbonyl (C=O) groups excluding carboxylic acids is 1. The number of fused-ring (bicyclic) bond motifs is 1. The van der Waals surface area contributed by atoms with Crippen LogP contribution in [0.1, 0.15) is 18.9 Å². The summed E-state index contributed by atoms with van der Waals surface area (Å²) < 4.78 is 26.6. The van der Waals surface area contributed by atoms with Crippen LogP contribution in [0.2, 0.25) is 0 Å². The summed E-state index contributed by atoms with van der Waals surface area (Å²) in [5.41, 5.74) is 1.13. The van der Waals surface area contributed by atoms with Gasteiger partial charge < -0.3 is 23.7 Å². The van der Waals surface area contributed by atoms with E-state index in [0.717, 1.165) is 29.9 Å². The summed E-state index contributed by atoms with van der Waals surface area (Å²) in [5.74, 6) is 1.20. The zero-order valence-corrected chi connectivity index (χ0v) is 12.6. The number of benzene rings is 1. The molecule has 0 aromatic heterocycles. The third kappa shape index (κ3) is 3.69. The van der Waals surface area contributed by atoms with Crippen LogP contribution >= 0.6 is 0 Å². The van der Waals surface area contributed by atoms with Crippen molar-refractivity contribution in [1.29, 1.82) is 0 Å². The lowest BCUT2D eigenvalue weighted by molar-refractivity contribution is -0.175. The Balaban J connectivity index is 1.45. The minimum atomic E-state index is -0.596. The summed E-state index contributed by atoms with van der Waals surface area (Å²) >= 11 is 0. The maximum absolute atomic E-state index is 11.9. The van der Waals surface area contributed by atoms with Gasteiger partial charge in [-0.05, 0) is 37.5 Å². The first-order valence-corrected chi connectivity index (χ1v) is 7.51. The molecule has 22 heavy (non-hydrogen) atoms. The summed E-state index contributed by atoms with van der Waals surface area (Å²) in [5, 5.41) is 0. The summed E-state index contributed by atoms with van der Waals surface area (Å²) in [6, 6.07) is 5.87.